The van der Waals surface area contributed by atoms with Crippen molar-refractivity contribution in [2.24, 2.45) is 0 Å². The van der Waals surface area contributed by atoms with Gasteiger partial charge < -0.3 is 24.4 Å². The molecule has 2 aliphatic heterocycles. The second-order valence-corrected chi connectivity index (χ2v) is 3.34. The van der Waals surface area contributed by atoms with Crippen LogP contribution in [0.5, 0.6) is 0 Å². The Morgan fingerprint density at radius 3 is 2.50 bits per heavy atom. The van der Waals surface area contributed by atoms with Gasteiger partial charge in [-0.05, 0) is 0 Å². The summed E-state index contributed by atoms with van der Waals surface area (Å²) in [6, 6.07) is 0. The van der Waals surface area contributed by atoms with E-state index in [2.05, 4.69) is 4.74 Å². The lowest BCUT2D eigenvalue weighted by Crippen LogP contribution is -2.36. The molecule has 2 aliphatic rings. The molecular weight excluding hydrogens is 224 g/mol. The lowest BCUT2D eigenvalue weighted by atomic mass is 10.1. The van der Waals surface area contributed by atoms with E-state index in [-0.39, 0.29) is 6.61 Å². The summed E-state index contributed by atoms with van der Waals surface area (Å²) in [5.74, 6) is -3.23. The number of aliphatic hydroxyl groups excluding tert-OH is 1. The summed E-state index contributed by atoms with van der Waals surface area (Å²) in [7, 11) is 0. The van der Waals surface area contributed by atoms with Crippen LogP contribution in [0.15, 0.2) is 0 Å². The predicted octanol–water partition coefficient (Wildman–Crippen LogP) is -2.33. The molecule has 8 nitrogen and oxygen atoms in total. The van der Waals surface area contributed by atoms with Crippen LogP contribution >= 0.6 is 0 Å². The smallest absolute Gasteiger partial charge is 0.361 e. The lowest BCUT2D eigenvalue weighted by molar-refractivity contribution is -0.171. The van der Waals surface area contributed by atoms with E-state index < -0.39 is 42.3 Å². The molecule has 0 amide bonds. The molecule has 0 aliphatic carbocycles. The van der Waals surface area contributed by atoms with Crippen LogP contribution in [0.25, 0.3) is 0 Å². The highest BCUT2D eigenvalue weighted by Gasteiger charge is 2.50. The van der Waals surface area contributed by atoms with Gasteiger partial charge in [0.2, 0.25) is 11.9 Å². The topological polar surface area (TPSA) is 119 Å². The number of carbonyl (C=O) groups excluding carboxylic acids is 2. The summed E-state index contributed by atoms with van der Waals surface area (Å²) in [5.41, 5.74) is 0. The SMILES string of the molecule is O=C(O)C1OC[C@@H]([C@H]2OC(=O)C(O)C2=O)O1. The average Bonchev–Trinajstić information content (AvgIpc) is 2.79. The van der Waals surface area contributed by atoms with Crippen molar-refractivity contribution in [1.82, 2.24) is 0 Å². The molecule has 0 aromatic rings. The van der Waals surface area contributed by atoms with Crippen molar-refractivity contribution in [1.29, 1.82) is 0 Å². The first-order valence-electron chi connectivity index (χ1n) is 4.43. The Balaban J connectivity index is 2.03. The third kappa shape index (κ3) is 1.66. The van der Waals surface area contributed by atoms with Crippen molar-refractivity contribution < 1.29 is 38.8 Å². The molecule has 2 N–H and O–H groups in total. The molecule has 0 radical (unpaired) electrons. The molecule has 0 aromatic heterocycles. The number of rotatable bonds is 2. The van der Waals surface area contributed by atoms with Crippen molar-refractivity contribution in [2.45, 2.75) is 24.6 Å². The quantitative estimate of drug-likeness (QED) is 0.401. The molecule has 0 aromatic carbocycles. The highest BCUT2D eigenvalue weighted by Crippen LogP contribution is 2.22. The Morgan fingerprint density at radius 2 is 2.06 bits per heavy atom. The van der Waals surface area contributed by atoms with Crippen LogP contribution < -0.4 is 0 Å². The number of cyclic esters (lactones) is 1. The van der Waals surface area contributed by atoms with Gasteiger partial charge in [0.05, 0.1) is 6.61 Å². The number of Topliss-reactive ketones (excluding diaryl/α,β-unsaturated/α-hetero) is 1. The number of carboxylic acids is 1. The first-order valence-corrected chi connectivity index (χ1v) is 4.43. The van der Waals surface area contributed by atoms with E-state index in [0.29, 0.717) is 0 Å². The zero-order chi connectivity index (χ0) is 11.9. The zero-order valence-corrected chi connectivity index (χ0v) is 7.86. The van der Waals surface area contributed by atoms with Gasteiger partial charge in [0.1, 0.15) is 6.10 Å². The molecule has 8 heteroatoms. The molecule has 2 rings (SSSR count). The van der Waals surface area contributed by atoms with Crippen LogP contribution in [0.1, 0.15) is 0 Å². The lowest BCUT2D eigenvalue weighted by Gasteiger charge is -2.13. The number of hydrogen-bond donors (Lipinski definition) is 2. The van der Waals surface area contributed by atoms with Gasteiger partial charge in [-0.2, -0.15) is 0 Å². The van der Waals surface area contributed by atoms with Gasteiger partial charge in [0.25, 0.3) is 6.29 Å². The molecule has 0 spiro atoms. The summed E-state index contributed by atoms with van der Waals surface area (Å²) >= 11 is 0. The van der Waals surface area contributed by atoms with Gasteiger partial charge in [-0.15, -0.1) is 0 Å². The van der Waals surface area contributed by atoms with E-state index >= 15 is 0 Å². The number of aliphatic hydroxyl groups is 1. The van der Waals surface area contributed by atoms with Gasteiger partial charge in [-0.3, -0.25) is 4.79 Å². The van der Waals surface area contributed by atoms with Crippen LogP contribution in [0.4, 0.5) is 0 Å². The minimum Gasteiger partial charge on any atom is -0.477 e. The summed E-state index contributed by atoms with van der Waals surface area (Å²) in [6.45, 7) is -0.187. The van der Waals surface area contributed by atoms with Crippen molar-refractivity contribution in [3.8, 4) is 0 Å². The number of esters is 1. The van der Waals surface area contributed by atoms with Crippen molar-refractivity contribution in [3.63, 3.8) is 0 Å². The van der Waals surface area contributed by atoms with E-state index in [1.165, 1.54) is 0 Å². The predicted molar refractivity (Wildman–Crippen MR) is 43.1 cm³/mol. The number of carboxylic acid groups (broad SMARTS) is 1. The molecule has 4 atom stereocenters. The largest absolute Gasteiger partial charge is 0.477 e. The first-order chi connectivity index (χ1) is 7.50. The number of carbonyl (C=O) groups is 3. The highest BCUT2D eigenvalue weighted by molar-refractivity contribution is 6.09. The molecule has 16 heavy (non-hydrogen) atoms. The van der Waals surface area contributed by atoms with Crippen LogP contribution in [-0.2, 0) is 28.6 Å². The Hall–Kier alpha value is -1.51. The van der Waals surface area contributed by atoms with Crippen LogP contribution in [0.3, 0.4) is 0 Å². The van der Waals surface area contributed by atoms with Gasteiger partial charge in [-0.25, -0.2) is 9.59 Å². The van der Waals surface area contributed by atoms with Gasteiger partial charge in [-0.1, -0.05) is 0 Å². The number of hydrogen-bond acceptors (Lipinski definition) is 7. The van der Waals surface area contributed by atoms with Crippen molar-refractivity contribution in [2.75, 3.05) is 6.61 Å². The fraction of sp³-hybridized carbons (Fsp3) is 0.625. The molecule has 0 bridgehead atoms. The summed E-state index contributed by atoms with van der Waals surface area (Å²) in [5, 5.41) is 17.6. The minimum atomic E-state index is -1.82. The Kier molecular flexibility index (Phi) is 2.62. The Bertz CT molecular complexity index is 350. The second-order valence-electron chi connectivity index (χ2n) is 3.34. The molecule has 0 saturated carbocycles. The molecular formula is C8H8O8. The first kappa shape index (κ1) is 11.0. The Morgan fingerprint density at radius 1 is 1.38 bits per heavy atom. The summed E-state index contributed by atoms with van der Waals surface area (Å²) in [6.07, 6.45) is -5.59. The van der Waals surface area contributed by atoms with Gasteiger partial charge in [0.15, 0.2) is 6.10 Å². The van der Waals surface area contributed by atoms with Crippen molar-refractivity contribution >= 4 is 17.7 Å². The second kappa shape index (κ2) is 3.81. The number of ether oxygens (including phenoxy) is 3. The summed E-state index contributed by atoms with van der Waals surface area (Å²) < 4.78 is 14.1. The maximum Gasteiger partial charge on any atom is 0.361 e. The van der Waals surface area contributed by atoms with Crippen molar-refractivity contribution in [3.05, 3.63) is 0 Å². The van der Waals surface area contributed by atoms with E-state index in [1.807, 2.05) is 0 Å². The van der Waals surface area contributed by atoms with Crippen LogP contribution in [-0.4, -0.2) is 59.1 Å². The summed E-state index contributed by atoms with van der Waals surface area (Å²) in [4.78, 5) is 32.6. The minimum absolute atomic E-state index is 0.187. The normalized spacial score (nSPS) is 38.8. The number of aliphatic carboxylic acids is 1. The molecule has 88 valence electrons. The fourth-order valence-electron chi connectivity index (χ4n) is 1.49. The van der Waals surface area contributed by atoms with Crippen LogP contribution in [0.2, 0.25) is 0 Å². The zero-order valence-electron chi connectivity index (χ0n) is 7.86. The standard InChI is InChI=1S/C8H8O8/c9-3-4(10)7(13)16-5(3)2-1-14-8(15-2)6(11)12/h2,4-5,8,10H,1H2,(H,11,12)/t2-,4?,5+,8?/m0/s1. The average molecular weight is 232 g/mol. The Labute approximate surface area is 88.7 Å². The van der Waals surface area contributed by atoms with E-state index in [4.69, 9.17) is 19.7 Å². The van der Waals surface area contributed by atoms with E-state index in [9.17, 15) is 14.4 Å². The highest BCUT2D eigenvalue weighted by atomic mass is 16.7. The molecule has 2 unspecified atom stereocenters. The van der Waals surface area contributed by atoms with E-state index in [0.717, 1.165) is 0 Å². The van der Waals surface area contributed by atoms with Gasteiger partial charge in [0, 0.05) is 0 Å². The maximum absolute atomic E-state index is 11.3. The monoisotopic (exact) mass is 232 g/mol. The van der Waals surface area contributed by atoms with Crippen LogP contribution in [0, 0.1) is 0 Å². The van der Waals surface area contributed by atoms with Gasteiger partial charge >= 0.3 is 11.9 Å². The third-order valence-electron chi connectivity index (χ3n) is 2.27. The molecule has 2 fully saturated rings. The third-order valence-corrected chi connectivity index (χ3v) is 2.27. The fourth-order valence-corrected chi connectivity index (χ4v) is 1.49. The molecule has 2 heterocycles. The number of ketones is 1. The maximum atomic E-state index is 11.3. The van der Waals surface area contributed by atoms with E-state index in [1.54, 1.807) is 0 Å². The molecule has 2 saturated heterocycles.